The molecule has 5 heteroatoms. The Morgan fingerprint density at radius 3 is 2.10 bits per heavy atom. The molecule has 2 aliphatic heterocycles. The zero-order valence-corrected chi connectivity index (χ0v) is 17.7. The SMILES string of the molecule is CN(Cc1ccc(N2CCOCC2)cc1)C(=O)C1c2ccccc2Oc2ccccc21. The highest BCUT2D eigenvalue weighted by atomic mass is 16.5. The van der Waals surface area contributed by atoms with Crippen molar-refractivity contribution >= 4 is 11.6 Å². The maximum Gasteiger partial charge on any atom is 0.234 e. The van der Waals surface area contributed by atoms with E-state index in [2.05, 4.69) is 29.2 Å². The number of ether oxygens (including phenoxy) is 2. The maximum absolute atomic E-state index is 13.6. The second-order valence-electron chi connectivity index (χ2n) is 8.07. The number of carbonyl (C=O) groups is 1. The number of morpholine rings is 1. The lowest BCUT2D eigenvalue weighted by atomic mass is 9.87. The Kier molecular flexibility index (Phi) is 5.35. The van der Waals surface area contributed by atoms with E-state index in [0.717, 1.165) is 54.5 Å². The third-order valence-corrected chi connectivity index (χ3v) is 6.04. The second kappa shape index (κ2) is 8.44. The molecule has 0 atom stereocenters. The van der Waals surface area contributed by atoms with Gasteiger partial charge in [0.05, 0.1) is 19.1 Å². The fourth-order valence-corrected chi connectivity index (χ4v) is 4.38. The number of fused-ring (bicyclic) bond motifs is 2. The van der Waals surface area contributed by atoms with Gasteiger partial charge in [0.15, 0.2) is 0 Å². The summed E-state index contributed by atoms with van der Waals surface area (Å²) in [6.45, 7) is 3.94. The molecule has 31 heavy (non-hydrogen) atoms. The molecule has 158 valence electrons. The number of hydrogen-bond donors (Lipinski definition) is 0. The van der Waals surface area contributed by atoms with E-state index in [1.165, 1.54) is 5.69 Å². The van der Waals surface area contributed by atoms with Crippen molar-refractivity contribution in [3.05, 3.63) is 89.5 Å². The van der Waals surface area contributed by atoms with Crippen molar-refractivity contribution in [3.63, 3.8) is 0 Å². The minimum atomic E-state index is -0.362. The molecule has 1 amide bonds. The van der Waals surface area contributed by atoms with Crippen LogP contribution in [0.15, 0.2) is 72.8 Å². The lowest BCUT2D eigenvalue weighted by Gasteiger charge is -2.31. The molecule has 0 radical (unpaired) electrons. The fraction of sp³-hybridized carbons (Fsp3) is 0.269. The first-order valence-electron chi connectivity index (χ1n) is 10.7. The van der Waals surface area contributed by atoms with E-state index in [4.69, 9.17) is 9.47 Å². The van der Waals surface area contributed by atoms with Crippen LogP contribution in [0.1, 0.15) is 22.6 Å². The minimum absolute atomic E-state index is 0.0699. The summed E-state index contributed by atoms with van der Waals surface area (Å²) in [5.74, 6) is 1.21. The Morgan fingerprint density at radius 2 is 1.48 bits per heavy atom. The molecule has 0 aliphatic carbocycles. The van der Waals surface area contributed by atoms with Crippen LogP contribution in [0.25, 0.3) is 0 Å². The van der Waals surface area contributed by atoms with Crippen LogP contribution in [0.5, 0.6) is 11.5 Å². The van der Waals surface area contributed by atoms with Crippen LogP contribution >= 0.6 is 0 Å². The molecular formula is C26H26N2O3. The normalized spacial score (nSPS) is 15.6. The number of likely N-dealkylation sites (N-methyl/N-ethyl adjacent to an activating group) is 1. The highest BCUT2D eigenvalue weighted by molar-refractivity contribution is 5.89. The molecule has 0 saturated carbocycles. The molecule has 1 saturated heterocycles. The summed E-state index contributed by atoms with van der Waals surface area (Å²) in [4.78, 5) is 17.7. The number of nitrogens with zero attached hydrogens (tertiary/aromatic N) is 2. The van der Waals surface area contributed by atoms with Gasteiger partial charge in [-0.2, -0.15) is 0 Å². The summed E-state index contributed by atoms with van der Waals surface area (Å²) in [5.41, 5.74) is 4.15. The van der Waals surface area contributed by atoms with Crippen molar-refractivity contribution in [3.8, 4) is 11.5 Å². The lowest BCUT2D eigenvalue weighted by Crippen LogP contribution is -2.36. The van der Waals surface area contributed by atoms with Crippen LogP contribution in [0.4, 0.5) is 5.69 Å². The first kappa shape index (κ1) is 19.6. The summed E-state index contributed by atoms with van der Waals surface area (Å²) in [6.07, 6.45) is 0. The van der Waals surface area contributed by atoms with E-state index in [9.17, 15) is 4.79 Å². The molecular weight excluding hydrogens is 388 g/mol. The smallest absolute Gasteiger partial charge is 0.234 e. The highest BCUT2D eigenvalue weighted by Crippen LogP contribution is 2.44. The Morgan fingerprint density at radius 1 is 0.903 bits per heavy atom. The topological polar surface area (TPSA) is 42.0 Å². The van der Waals surface area contributed by atoms with Crippen LogP contribution < -0.4 is 9.64 Å². The molecule has 0 N–H and O–H groups in total. The molecule has 0 unspecified atom stereocenters. The first-order valence-corrected chi connectivity index (χ1v) is 10.7. The number of benzene rings is 3. The maximum atomic E-state index is 13.6. The van der Waals surface area contributed by atoms with Gasteiger partial charge in [0.25, 0.3) is 0 Å². The van der Waals surface area contributed by atoms with Gasteiger partial charge in [-0.05, 0) is 29.8 Å². The van der Waals surface area contributed by atoms with Crippen LogP contribution in [0.2, 0.25) is 0 Å². The molecule has 3 aromatic carbocycles. The Bertz CT molecular complexity index is 1030. The van der Waals surface area contributed by atoms with Gasteiger partial charge in [0.2, 0.25) is 5.91 Å². The zero-order chi connectivity index (χ0) is 21.2. The van der Waals surface area contributed by atoms with Crippen molar-refractivity contribution in [2.45, 2.75) is 12.5 Å². The van der Waals surface area contributed by atoms with Crippen LogP contribution in [0, 0.1) is 0 Å². The zero-order valence-electron chi connectivity index (χ0n) is 17.7. The average Bonchev–Trinajstić information content (AvgIpc) is 2.83. The van der Waals surface area contributed by atoms with E-state index in [1.54, 1.807) is 0 Å². The van der Waals surface area contributed by atoms with Gasteiger partial charge in [-0.15, -0.1) is 0 Å². The number of carbonyl (C=O) groups excluding carboxylic acids is 1. The van der Waals surface area contributed by atoms with Gasteiger partial charge in [-0.3, -0.25) is 4.79 Å². The average molecular weight is 415 g/mol. The number of amides is 1. The van der Waals surface area contributed by atoms with E-state index < -0.39 is 0 Å². The molecule has 0 bridgehead atoms. The number of rotatable bonds is 4. The predicted molar refractivity (Wildman–Crippen MR) is 121 cm³/mol. The molecule has 0 aromatic heterocycles. The van der Waals surface area contributed by atoms with Gasteiger partial charge in [-0.1, -0.05) is 48.5 Å². The minimum Gasteiger partial charge on any atom is -0.457 e. The van der Waals surface area contributed by atoms with Gasteiger partial charge >= 0.3 is 0 Å². The predicted octanol–water partition coefficient (Wildman–Crippen LogP) is 4.42. The molecule has 0 spiro atoms. The van der Waals surface area contributed by atoms with Crippen LogP contribution in [-0.2, 0) is 16.1 Å². The van der Waals surface area contributed by atoms with E-state index in [1.807, 2.05) is 60.5 Å². The summed E-state index contributed by atoms with van der Waals surface area (Å²) < 4.78 is 11.5. The van der Waals surface area contributed by atoms with E-state index in [0.29, 0.717) is 6.54 Å². The molecule has 2 heterocycles. The molecule has 5 rings (SSSR count). The molecule has 2 aliphatic rings. The second-order valence-corrected chi connectivity index (χ2v) is 8.07. The summed E-state index contributed by atoms with van der Waals surface area (Å²) in [6, 6.07) is 24.1. The molecule has 3 aromatic rings. The monoisotopic (exact) mass is 414 g/mol. The fourth-order valence-electron chi connectivity index (χ4n) is 4.38. The largest absolute Gasteiger partial charge is 0.457 e. The summed E-state index contributed by atoms with van der Waals surface area (Å²) >= 11 is 0. The van der Waals surface area contributed by atoms with Crippen LogP contribution in [-0.4, -0.2) is 44.2 Å². The Hall–Kier alpha value is -3.31. The van der Waals surface area contributed by atoms with Crippen molar-refractivity contribution in [1.82, 2.24) is 4.90 Å². The van der Waals surface area contributed by atoms with Crippen molar-refractivity contribution in [2.75, 3.05) is 38.3 Å². The Balaban J connectivity index is 1.36. The molecule has 5 nitrogen and oxygen atoms in total. The summed E-state index contributed by atoms with van der Waals surface area (Å²) in [7, 11) is 1.87. The quantitative estimate of drug-likeness (QED) is 0.634. The first-order chi connectivity index (χ1) is 15.2. The number of anilines is 1. The third-order valence-electron chi connectivity index (χ3n) is 6.04. The summed E-state index contributed by atoms with van der Waals surface area (Å²) in [5, 5.41) is 0. The van der Waals surface area contributed by atoms with Crippen molar-refractivity contribution < 1.29 is 14.3 Å². The Labute approximate surface area is 182 Å². The number of hydrogen-bond acceptors (Lipinski definition) is 4. The van der Waals surface area contributed by atoms with Crippen molar-refractivity contribution in [1.29, 1.82) is 0 Å². The van der Waals surface area contributed by atoms with Gasteiger partial charge < -0.3 is 19.3 Å². The van der Waals surface area contributed by atoms with Crippen LogP contribution in [0.3, 0.4) is 0 Å². The van der Waals surface area contributed by atoms with Gasteiger partial charge in [0.1, 0.15) is 11.5 Å². The standard InChI is InChI=1S/C26H26N2O3/c1-27(18-19-10-12-20(13-11-19)28-14-16-30-17-15-28)26(29)25-21-6-2-4-8-23(21)31-24-9-5-3-7-22(24)25/h2-13,25H,14-18H2,1H3. The number of para-hydroxylation sites is 2. The highest BCUT2D eigenvalue weighted by Gasteiger charge is 2.34. The van der Waals surface area contributed by atoms with E-state index >= 15 is 0 Å². The lowest BCUT2D eigenvalue weighted by molar-refractivity contribution is -0.131. The third kappa shape index (κ3) is 3.89. The van der Waals surface area contributed by atoms with Crippen molar-refractivity contribution in [2.24, 2.45) is 0 Å². The van der Waals surface area contributed by atoms with E-state index in [-0.39, 0.29) is 11.8 Å². The van der Waals surface area contributed by atoms with Gasteiger partial charge in [-0.25, -0.2) is 0 Å². The van der Waals surface area contributed by atoms with Gasteiger partial charge in [0, 0.05) is 43.5 Å². The molecule has 1 fully saturated rings.